The average Bonchev–Trinajstić information content (AvgIpc) is 2.87. The Morgan fingerprint density at radius 2 is 2.33 bits per heavy atom. The normalized spacial score (nSPS) is 17.7. The summed E-state index contributed by atoms with van der Waals surface area (Å²) in [6, 6.07) is 8.04. The van der Waals surface area contributed by atoms with Crippen molar-refractivity contribution in [3.05, 3.63) is 41.2 Å². The van der Waals surface area contributed by atoms with Crippen LogP contribution in [0.1, 0.15) is 29.3 Å². The van der Waals surface area contributed by atoms with Gasteiger partial charge in [0.1, 0.15) is 11.7 Å². The number of aromatic nitrogens is 2. The first-order chi connectivity index (χ1) is 8.65. The lowest BCUT2D eigenvalue weighted by Crippen LogP contribution is -2.08. The zero-order chi connectivity index (χ0) is 12.7. The molecule has 2 N–H and O–H groups in total. The summed E-state index contributed by atoms with van der Waals surface area (Å²) in [5.74, 6) is -0.458. The predicted octanol–water partition coefficient (Wildman–Crippen LogP) is 2.50. The van der Waals surface area contributed by atoms with Crippen molar-refractivity contribution in [1.82, 2.24) is 9.97 Å². The topological polar surface area (TPSA) is 66.0 Å². The van der Waals surface area contributed by atoms with Gasteiger partial charge in [0.05, 0.1) is 5.69 Å². The SMILES string of the molecule is Cc1cccc(-c2nc3c([nH]2)CCC3C(=O)O)c1. The zero-order valence-corrected chi connectivity index (χ0v) is 10.1. The number of hydrogen-bond donors (Lipinski definition) is 2. The number of imidazole rings is 1. The molecule has 1 atom stereocenters. The Labute approximate surface area is 105 Å². The molecule has 1 aromatic carbocycles. The molecule has 1 aromatic heterocycles. The van der Waals surface area contributed by atoms with E-state index in [1.54, 1.807) is 0 Å². The summed E-state index contributed by atoms with van der Waals surface area (Å²) in [5.41, 5.74) is 3.85. The Bertz CT molecular complexity index is 616. The van der Waals surface area contributed by atoms with Crippen molar-refractivity contribution in [2.75, 3.05) is 0 Å². The van der Waals surface area contributed by atoms with Crippen LogP contribution in [0.2, 0.25) is 0 Å². The molecule has 0 saturated heterocycles. The van der Waals surface area contributed by atoms with Gasteiger partial charge in [0.15, 0.2) is 0 Å². The number of rotatable bonds is 2. The molecule has 1 aliphatic carbocycles. The minimum Gasteiger partial charge on any atom is -0.481 e. The molecule has 1 unspecified atom stereocenters. The quantitative estimate of drug-likeness (QED) is 0.850. The zero-order valence-electron chi connectivity index (χ0n) is 10.1. The molecule has 4 nitrogen and oxygen atoms in total. The number of carboxylic acid groups (broad SMARTS) is 1. The lowest BCUT2D eigenvalue weighted by Gasteiger charge is -2.02. The molecule has 2 aromatic rings. The van der Waals surface area contributed by atoms with Gasteiger partial charge < -0.3 is 10.1 Å². The highest BCUT2D eigenvalue weighted by Crippen LogP contribution is 2.33. The Balaban J connectivity index is 2.02. The number of nitrogens with zero attached hydrogens (tertiary/aromatic N) is 1. The number of carboxylic acids is 1. The van der Waals surface area contributed by atoms with Crippen LogP contribution in [0.3, 0.4) is 0 Å². The highest BCUT2D eigenvalue weighted by Gasteiger charge is 2.32. The van der Waals surface area contributed by atoms with Crippen LogP contribution >= 0.6 is 0 Å². The number of fused-ring (bicyclic) bond motifs is 1. The second-order valence-electron chi connectivity index (χ2n) is 4.75. The third kappa shape index (κ3) is 1.70. The van der Waals surface area contributed by atoms with E-state index in [0.717, 1.165) is 23.5 Å². The maximum absolute atomic E-state index is 11.1. The number of aliphatic carboxylic acids is 1. The highest BCUT2D eigenvalue weighted by atomic mass is 16.4. The van der Waals surface area contributed by atoms with Crippen molar-refractivity contribution in [2.45, 2.75) is 25.7 Å². The van der Waals surface area contributed by atoms with Gasteiger partial charge in [-0.3, -0.25) is 4.79 Å². The Morgan fingerprint density at radius 1 is 1.50 bits per heavy atom. The molecule has 1 heterocycles. The van der Waals surface area contributed by atoms with Gasteiger partial charge in [-0.25, -0.2) is 4.98 Å². The van der Waals surface area contributed by atoms with Gasteiger partial charge in [-0.05, 0) is 25.8 Å². The number of aryl methyl sites for hydroxylation is 2. The van der Waals surface area contributed by atoms with Gasteiger partial charge >= 0.3 is 5.97 Å². The fourth-order valence-corrected chi connectivity index (χ4v) is 2.50. The maximum Gasteiger partial charge on any atom is 0.312 e. The monoisotopic (exact) mass is 242 g/mol. The molecule has 0 bridgehead atoms. The summed E-state index contributed by atoms with van der Waals surface area (Å²) in [6.45, 7) is 2.03. The molecule has 0 saturated carbocycles. The van der Waals surface area contributed by atoms with Gasteiger partial charge in [0, 0.05) is 11.3 Å². The first kappa shape index (κ1) is 11.0. The van der Waals surface area contributed by atoms with Gasteiger partial charge in [-0.2, -0.15) is 0 Å². The van der Waals surface area contributed by atoms with E-state index in [1.165, 1.54) is 5.56 Å². The van der Waals surface area contributed by atoms with Crippen molar-refractivity contribution in [1.29, 1.82) is 0 Å². The second-order valence-corrected chi connectivity index (χ2v) is 4.75. The number of nitrogens with one attached hydrogen (secondary N) is 1. The summed E-state index contributed by atoms with van der Waals surface area (Å²) in [7, 11) is 0. The number of H-pyrrole nitrogens is 1. The molecular formula is C14H14N2O2. The summed E-state index contributed by atoms with van der Waals surface area (Å²) >= 11 is 0. The molecule has 3 rings (SSSR count). The maximum atomic E-state index is 11.1. The van der Waals surface area contributed by atoms with E-state index in [9.17, 15) is 4.79 Å². The highest BCUT2D eigenvalue weighted by molar-refractivity contribution is 5.77. The van der Waals surface area contributed by atoms with E-state index < -0.39 is 11.9 Å². The summed E-state index contributed by atoms with van der Waals surface area (Å²) < 4.78 is 0. The van der Waals surface area contributed by atoms with Crippen molar-refractivity contribution < 1.29 is 9.90 Å². The summed E-state index contributed by atoms with van der Waals surface area (Å²) in [6.07, 6.45) is 1.42. The van der Waals surface area contributed by atoms with Crippen LogP contribution in [0, 0.1) is 6.92 Å². The molecular weight excluding hydrogens is 228 g/mol. The number of benzene rings is 1. The van der Waals surface area contributed by atoms with Gasteiger partial charge in [-0.15, -0.1) is 0 Å². The largest absolute Gasteiger partial charge is 0.481 e. The molecule has 92 valence electrons. The van der Waals surface area contributed by atoms with Gasteiger partial charge in [-0.1, -0.05) is 23.8 Å². The Morgan fingerprint density at radius 3 is 3.06 bits per heavy atom. The fourth-order valence-electron chi connectivity index (χ4n) is 2.50. The van der Waals surface area contributed by atoms with Crippen molar-refractivity contribution in [3.63, 3.8) is 0 Å². The molecule has 18 heavy (non-hydrogen) atoms. The van der Waals surface area contributed by atoms with Crippen LogP contribution in [0.25, 0.3) is 11.4 Å². The molecule has 0 radical (unpaired) electrons. The van der Waals surface area contributed by atoms with Crippen LogP contribution in [0.4, 0.5) is 0 Å². The van der Waals surface area contributed by atoms with Crippen LogP contribution < -0.4 is 0 Å². The smallest absolute Gasteiger partial charge is 0.312 e. The minimum absolute atomic E-state index is 0.449. The number of aromatic amines is 1. The standard InChI is InChI=1S/C14H14N2O2/c1-8-3-2-4-9(7-8)13-15-11-6-5-10(14(17)18)12(11)16-13/h2-4,7,10H,5-6H2,1H3,(H,15,16)(H,17,18). The molecule has 0 amide bonds. The van der Waals surface area contributed by atoms with Gasteiger partial charge in [0.25, 0.3) is 0 Å². The molecule has 4 heteroatoms. The summed E-state index contributed by atoms with van der Waals surface area (Å²) in [5, 5.41) is 9.13. The van der Waals surface area contributed by atoms with E-state index in [0.29, 0.717) is 12.1 Å². The molecule has 1 aliphatic rings. The van der Waals surface area contributed by atoms with Crippen molar-refractivity contribution in [3.8, 4) is 11.4 Å². The van der Waals surface area contributed by atoms with Crippen molar-refractivity contribution in [2.24, 2.45) is 0 Å². The predicted molar refractivity (Wildman–Crippen MR) is 67.5 cm³/mol. The first-order valence-electron chi connectivity index (χ1n) is 6.04. The molecule has 0 spiro atoms. The van der Waals surface area contributed by atoms with E-state index in [1.807, 2.05) is 31.2 Å². The van der Waals surface area contributed by atoms with Crippen LogP contribution in [0.15, 0.2) is 24.3 Å². The third-order valence-electron chi connectivity index (χ3n) is 3.41. The minimum atomic E-state index is -0.781. The Hall–Kier alpha value is -2.10. The lowest BCUT2D eigenvalue weighted by atomic mass is 10.1. The van der Waals surface area contributed by atoms with Crippen LogP contribution in [0.5, 0.6) is 0 Å². The number of carbonyl (C=O) groups is 1. The van der Waals surface area contributed by atoms with Crippen LogP contribution in [-0.4, -0.2) is 21.0 Å². The van der Waals surface area contributed by atoms with E-state index in [4.69, 9.17) is 5.11 Å². The number of hydrogen-bond acceptors (Lipinski definition) is 2. The third-order valence-corrected chi connectivity index (χ3v) is 3.41. The van der Waals surface area contributed by atoms with Gasteiger partial charge in [0.2, 0.25) is 0 Å². The van der Waals surface area contributed by atoms with Crippen LogP contribution in [-0.2, 0) is 11.2 Å². The van der Waals surface area contributed by atoms with E-state index in [-0.39, 0.29) is 0 Å². The van der Waals surface area contributed by atoms with E-state index in [2.05, 4.69) is 9.97 Å². The van der Waals surface area contributed by atoms with E-state index >= 15 is 0 Å². The summed E-state index contributed by atoms with van der Waals surface area (Å²) in [4.78, 5) is 18.8. The fraction of sp³-hybridized carbons (Fsp3) is 0.286. The van der Waals surface area contributed by atoms with Crippen molar-refractivity contribution >= 4 is 5.97 Å². The Kier molecular flexibility index (Phi) is 2.44. The lowest BCUT2D eigenvalue weighted by molar-refractivity contribution is -0.138. The molecule has 0 aliphatic heterocycles. The average molecular weight is 242 g/mol. The first-order valence-corrected chi connectivity index (χ1v) is 6.04. The molecule has 0 fully saturated rings. The second kappa shape index (κ2) is 3.98.